The number of thiophene rings is 1. The Kier molecular flexibility index (Phi) is 4.90. The van der Waals surface area contributed by atoms with Crippen LogP contribution in [0.1, 0.15) is 39.3 Å². The predicted molar refractivity (Wildman–Crippen MR) is 107 cm³/mol. The van der Waals surface area contributed by atoms with Crippen LogP contribution in [-0.4, -0.2) is 22.1 Å². The van der Waals surface area contributed by atoms with Gasteiger partial charge in [-0.3, -0.25) is 4.79 Å². The zero-order valence-corrected chi connectivity index (χ0v) is 16.4. The number of fused-ring (bicyclic) bond motifs is 1. The summed E-state index contributed by atoms with van der Waals surface area (Å²) in [5.41, 5.74) is -0.333. The zero-order valence-electron chi connectivity index (χ0n) is 15.6. The van der Waals surface area contributed by atoms with E-state index in [4.69, 9.17) is 4.42 Å². The molecule has 0 atom stereocenters. The van der Waals surface area contributed by atoms with Gasteiger partial charge >= 0.3 is 5.97 Å². The number of aromatic carboxylic acids is 1. The Morgan fingerprint density at radius 3 is 2.70 bits per heavy atom. The molecule has 0 saturated carbocycles. The van der Waals surface area contributed by atoms with Crippen molar-refractivity contribution in [2.24, 2.45) is 0 Å². The van der Waals surface area contributed by atoms with Gasteiger partial charge in [0, 0.05) is 22.6 Å². The maximum absolute atomic E-state index is 14.4. The Hall–Kier alpha value is -3.46. The van der Waals surface area contributed by atoms with Crippen molar-refractivity contribution in [2.75, 3.05) is 5.32 Å². The third kappa shape index (κ3) is 3.26. The van der Waals surface area contributed by atoms with Gasteiger partial charge in [0.1, 0.15) is 11.3 Å². The van der Waals surface area contributed by atoms with Crippen LogP contribution in [0.4, 0.5) is 14.5 Å². The SMILES string of the molecule is Cc1ccc(-c2scc(NC(=O)c3cc4c(o3)=C(O)CCC=4)c2C(=O)O)c(F)c1F. The van der Waals surface area contributed by atoms with E-state index in [1.54, 1.807) is 0 Å². The van der Waals surface area contributed by atoms with Crippen LogP contribution >= 0.6 is 11.3 Å². The van der Waals surface area contributed by atoms with Crippen molar-refractivity contribution >= 4 is 40.7 Å². The Morgan fingerprint density at radius 1 is 1.23 bits per heavy atom. The average molecular weight is 431 g/mol. The van der Waals surface area contributed by atoms with Crippen molar-refractivity contribution < 1.29 is 33.0 Å². The third-order valence-electron chi connectivity index (χ3n) is 4.77. The first-order valence-electron chi connectivity index (χ1n) is 8.91. The molecule has 0 bridgehead atoms. The number of furan rings is 1. The molecule has 1 amide bonds. The number of aryl methyl sites for hydroxylation is 1. The van der Waals surface area contributed by atoms with Crippen LogP contribution in [0, 0.1) is 18.6 Å². The summed E-state index contributed by atoms with van der Waals surface area (Å²) in [4.78, 5) is 24.4. The molecule has 1 aliphatic rings. The van der Waals surface area contributed by atoms with Gasteiger partial charge in [-0.15, -0.1) is 11.3 Å². The van der Waals surface area contributed by atoms with E-state index < -0.39 is 23.5 Å². The van der Waals surface area contributed by atoms with Gasteiger partial charge in [-0.05, 0) is 25.0 Å². The molecule has 0 spiro atoms. The first-order chi connectivity index (χ1) is 14.3. The second-order valence-electron chi connectivity index (χ2n) is 6.76. The van der Waals surface area contributed by atoms with E-state index in [0.29, 0.717) is 18.1 Å². The molecule has 2 heterocycles. The molecule has 9 heteroatoms. The number of carboxylic acid groups (broad SMARTS) is 1. The smallest absolute Gasteiger partial charge is 0.339 e. The van der Waals surface area contributed by atoms with Gasteiger partial charge in [0.2, 0.25) is 0 Å². The predicted octanol–water partition coefficient (Wildman–Crippen LogP) is 3.79. The van der Waals surface area contributed by atoms with Gasteiger partial charge in [-0.25, -0.2) is 13.6 Å². The van der Waals surface area contributed by atoms with Crippen molar-refractivity contribution in [1.82, 2.24) is 0 Å². The molecule has 3 N–H and O–H groups in total. The quantitative estimate of drug-likeness (QED) is 0.584. The van der Waals surface area contributed by atoms with Gasteiger partial charge < -0.3 is 19.9 Å². The second-order valence-corrected chi connectivity index (χ2v) is 7.64. The molecule has 0 unspecified atom stereocenters. The number of amides is 1. The van der Waals surface area contributed by atoms with E-state index in [9.17, 15) is 28.6 Å². The highest BCUT2D eigenvalue weighted by molar-refractivity contribution is 7.14. The number of hydrogen-bond donors (Lipinski definition) is 3. The summed E-state index contributed by atoms with van der Waals surface area (Å²) in [6.45, 7) is 1.40. The highest BCUT2D eigenvalue weighted by Crippen LogP contribution is 2.38. The first-order valence-corrected chi connectivity index (χ1v) is 9.79. The number of carboxylic acids is 1. The topological polar surface area (TPSA) is 99.8 Å². The van der Waals surface area contributed by atoms with Crippen LogP contribution in [0.2, 0.25) is 0 Å². The van der Waals surface area contributed by atoms with Crippen LogP contribution in [0.5, 0.6) is 0 Å². The summed E-state index contributed by atoms with van der Waals surface area (Å²) in [7, 11) is 0. The molecule has 0 saturated heterocycles. The molecule has 3 aromatic rings. The normalized spacial score (nSPS) is 13.0. The number of carbonyl (C=O) groups is 2. The largest absolute Gasteiger partial charge is 0.508 e. The highest BCUT2D eigenvalue weighted by atomic mass is 32.1. The minimum atomic E-state index is -1.40. The Bertz CT molecular complexity index is 1320. The summed E-state index contributed by atoms with van der Waals surface area (Å²) < 4.78 is 33.8. The summed E-state index contributed by atoms with van der Waals surface area (Å²) in [6.07, 6.45) is 2.82. The number of benzene rings is 1. The van der Waals surface area contributed by atoms with Crippen molar-refractivity contribution in [2.45, 2.75) is 19.8 Å². The van der Waals surface area contributed by atoms with Gasteiger partial charge in [0.15, 0.2) is 22.8 Å². The van der Waals surface area contributed by atoms with Gasteiger partial charge in [0.25, 0.3) is 5.91 Å². The summed E-state index contributed by atoms with van der Waals surface area (Å²) in [5.74, 6) is -4.42. The van der Waals surface area contributed by atoms with E-state index in [1.165, 1.54) is 30.5 Å². The van der Waals surface area contributed by atoms with E-state index in [1.807, 2.05) is 6.08 Å². The fourth-order valence-corrected chi connectivity index (χ4v) is 4.25. The lowest BCUT2D eigenvalue weighted by Gasteiger charge is -2.07. The number of carbonyl (C=O) groups excluding carboxylic acids is 1. The van der Waals surface area contributed by atoms with Crippen molar-refractivity contribution in [1.29, 1.82) is 0 Å². The van der Waals surface area contributed by atoms with Crippen LogP contribution in [0.25, 0.3) is 22.3 Å². The van der Waals surface area contributed by atoms with Gasteiger partial charge in [-0.2, -0.15) is 0 Å². The van der Waals surface area contributed by atoms with Gasteiger partial charge in [0.05, 0.1) is 10.6 Å². The monoisotopic (exact) mass is 431 g/mol. The van der Waals surface area contributed by atoms with E-state index in [-0.39, 0.29) is 44.2 Å². The van der Waals surface area contributed by atoms with E-state index >= 15 is 0 Å². The van der Waals surface area contributed by atoms with E-state index in [2.05, 4.69) is 5.32 Å². The minimum absolute atomic E-state index is 0.0211. The second kappa shape index (κ2) is 7.42. The lowest BCUT2D eigenvalue weighted by molar-refractivity contribution is 0.0699. The van der Waals surface area contributed by atoms with Gasteiger partial charge in [-0.1, -0.05) is 18.2 Å². The number of aliphatic hydroxyl groups is 1. The molecule has 0 fully saturated rings. The third-order valence-corrected chi connectivity index (χ3v) is 5.78. The molecule has 2 aromatic heterocycles. The Balaban J connectivity index is 1.73. The zero-order chi connectivity index (χ0) is 21.6. The fourth-order valence-electron chi connectivity index (χ4n) is 3.24. The molecule has 0 aliphatic heterocycles. The van der Waals surface area contributed by atoms with Crippen molar-refractivity contribution in [3.8, 4) is 10.4 Å². The number of halogens is 2. The maximum Gasteiger partial charge on any atom is 0.339 e. The molecule has 1 aromatic carbocycles. The molecular formula is C21H15F2NO5S. The molecule has 154 valence electrons. The van der Waals surface area contributed by atoms with Crippen LogP contribution in [-0.2, 0) is 0 Å². The maximum atomic E-state index is 14.4. The molecule has 6 nitrogen and oxygen atoms in total. The fraction of sp³-hybridized carbons (Fsp3) is 0.143. The Morgan fingerprint density at radius 2 is 2.00 bits per heavy atom. The molecule has 30 heavy (non-hydrogen) atoms. The highest BCUT2D eigenvalue weighted by Gasteiger charge is 2.25. The summed E-state index contributed by atoms with van der Waals surface area (Å²) in [6, 6.07) is 4.10. The number of anilines is 1. The molecular weight excluding hydrogens is 416 g/mol. The van der Waals surface area contributed by atoms with Crippen molar-refractivity contribution in [3.63, 3.8) is 0 Å². The summed E-state index contributed by atoms with van der Waals surface area (Å²) >= 11 is 0.868. The molecule has 1 aliphatic carbocycles. The standard InChI is InChI=1S/C21H15F2NO5S/c1-9-5-6-11(17(23)16(9)22)19-15(21(27)28)12(8-30-19)24-20(26)14-7-10-3-2-4-13(25)18(10)29-14/h3,5-8,25H,2,4H2,1H3,(H,24,26)(H,27,28). The number of nitrogens with one attached hydrogen (secondary N) is 1. The lowest BCUT2D eigenvalue weighted by atomic mass is 10.1. The first kappa shape index (κ1) is 19.8. The average Bonchev–Trinajstić information content (AvgIpc) is 3.31. The minimum Gasteiger partial charge on any atom is -0.508 e. The van der Waals surface area contributed by atoms with Crippen molar-refractivity contribution in [3.05, 3.63) is 62.7 Å². The number of hydrogen-bond acceptors (Lipinski definition) is 5. The lowest BCUT2D eigenvalue weighted by Crippen LogP contribution is -2.25. The number of rotatable bonds is 4. The molecule has 4 rings (SSSR count). The van der Waals surface area contributed by atoms with Crippen LogP contribution < -0.4 is 16.0 Å². The summed E-state index contributed by atoms with van der Waals surface area (Å²) in [5, 5.41) is 23.9. The Labute approximate surface area is 172 Å². The van der Waals surface area contributed by atoms with Crippen LogP contribution in [0.15, 0.2) is 28.0 Å². The molecule has 0 radical (unpaired) electrons. The van der Waals surface area contributed by atoms with E-state index in [0.717, 1.165) is 11.3 Å². The number of aliphatic hydroxyl groups excluding tert-OH is 1. The van der Waals surface area contributed by atoms with Crippen LogP contribution in [0.3, 0.4) is 0 Å².